The van der Waals surface area contributed by atoms with E-state index in [4.69, 9.17) is 0 Å². The average Bonchev–Trinajstić information content (AvgIpc) is 2.81. The van der Waals surface area contributed by atoms with Gasteiger partial charge in [0, 0.05) is 32.4 Å². The summed E-state index contributed by atoms with van der Waals surface area (Å²) in [6, 6.07) is 3.74. The second kappa shape index (κ2) is 6.49. The summed E-state index contributed by atoms with van der Waals surface area (Å²) in [5, 5.41) is 7.78. The van der Waals surface area contributed by atoms with Crippen molar-refractivity contribution in [2.24, 2.45) is 0 Å². The van der Waals surface area contributed by atoms with Crippen LogP contribution in [0.4, 0.5) is 5.82 Å². The average molecular weight is 405 g/mol. The van der Waals surface area contributed by atoms with E-state index in [1.807, 2.05) is 11.4 Å². The highest BCUT2D eigenvalue weighted by Crippen LogP contribution is 2.20. The second-order valence-corrected chi connectivity index (χ2v) is 6.54. The topological polar surface area (TPSA) is 54.0 Å². The van der Waals surface area contributed by atoms with Gasteiger partial charge in [-0.05, 0) is 44.0 Å². The number of halogens is 2. The number of hydrogen-bond acceptors (Lipinski definition) is 4. The highest BCUT2D eigenvalue weighted by Gasteiger charge is 2.12. The molecule has 0 radical (unpaired) electrons. The van der Waals surface area contributed by atoms with Crippen LogP contribution in [-0.2, 0) is 6.54 Å². The molecule has 1 amide bonds. The summed E-state index contributed by atoms with van der Waals surface area (Å²) in [4.78, 5) is 17.4. The first-order chi connectivity index (χ1) is 9.10. The molecule has 0 bridgehead atoms. The molecular formula is C12H11Br2N3OS. The lowest BCUT2D eigenvalue weighted by Crippen LogP contribution is -2.23. The van der Waals surface area contributed by atoms with Crippen molar-refractivity contribution in [1.82, 2.24) is 10.3 Å². The Labute approximate surface area is 131 Å². The Morgan fingerprint density at radius 1 is 1.37 bits per heavy atom. The molecule has 4 nitrogen and oxygen atoms in total. The number of nitrogens with one attached hydrogen (secondary N) is 2. The molecule has 0 aromatic carbocycles. The normalized spacial score (nSPS) is 10.3. The molecule has 0 aliphatic carbocycles. The van der Waals surface area contributed by atoms with Crippen LogP contribution >= 0.6 is 43.2 Å². The van der Waals surface area contributed by atoms with Crippen LogP contribution in [-0.4, -0.2) is 17.9 Å². The Morgan fingerprint density at radius 3 is 2.79 bits per heavy atom. The van der Waals surface area contributed by atoms with Crippen LogP contribution in [0.2, 0.25) is 0 Å². The Kier molecular flexibility index (Phi) is 4.95. The number of carbonyl (C=O) groups excluding carboxylic acids is 1. The molecule has 0 saturated carbocycles. The van der Waals surface area contributed by atoms with Crippen molar-refractivity contribution in [1.29, 1.82) is 0 Å². The van der Waals surface area contributed by atoms with Gasteiger partial charge in [0.05, 0.1) is 12.1 Å². The number of anilines is 1. The van der Waals surface area contributed by atoms with Crippen molar-refractivity contribution >= 4 is 54.9 Å². The van der Waals surface area contributed by atoms with Crippen LogP contribution in [0.1, 0.15) is 15.2 Å². The van der Waals surface area contributed by atoms with E-state index in [-0.39, 0.29) is 5.91 Å². The molecule has 0 unspecified atom stereocenters. The number of thiophene rings is 1. The zero-order valence-corrected chi connectivity index (χ0v) is 14.0. The van der Waals surface area contributed by atoms with E-state index in [0.717, 1.165) is 13.8 Å². The van der Waals surface area contributed by atoms with Gasteiger partial charge in [0.2, 0.25) is 0 Å². The van der Waals surface area contributed by atoms with Crippen LogP contribution in [0.5, 0.6) is 0 Å². The molecule has 100 valence electrons. The van der Waals surface area contributed by atoms with Crippen molar-refractivity contribution in [3.8, 4) is 0 Å². The van der Waals surface area contributed by atoms with Gasteiger partial charge in [-0.3, -0.25) is 4.79 Å². The van der Waals surface area contributed by atoms with E-state index in [1.54, 1.807) is 30.6 Å². The molecule has 7 heteroatoms. The number of pyridine rings is 1. The molecule has 2 aromatic rings. The van der Waals surface area contributed by atoms with E-state index in [1.165, 1.54) is 0 Å². The van der Waals surface area contributed by atoms with Gasteiger partial charge in [-0.2, -0.15) is 0 Å². The monoisotopic (exact) mass is 403 g/mol. The molecule has 0 atom stereocenters. The lowest BCUT2D eigenvalue weighted by Gasteiger charge is -2.08. The first-order valence-corrected chi connectivity index (χ1v) is 7.91. The summed E-state index contributed by atoms with van der Waals surface area (Å²) in [5.41, 5.74) is 0.521. The summed E-state index contributed by atoms with van der Waals surface area (Å²) >= 11 is 8.30. The van der Waals surface area contributed by atoms with Crippen molar-refractivity contribution in [2.75, 3.05) is 12.4 Å². The van der Waals surface area contributed by atoms with Crippen molar-refractivity contribution in [3.05, 3.63) is 43.1 Å². The van der Waals surface area contributed by atoms with Gasteiger partial charge in [0.25, 0.3) is 5.91 Å². The van der Waals surface area contributed by atoms with Gasteiger partial charge in [-0.1, -0.05) is 0 Å². The standard InChI is InChI=1S/C12H11Br2N3OS/c1-15-11-10(3-7(13)4-16-11)12(18)17-5-9-2-8(14)6-19-9/h2-4,6H,5H2,1H3,(H,15,16)(H,17,18). The Bertz CT molecular complexity index is 600. The molecule has 0 saturated heterocycles. The molecule has 2 N–H and O–H groups in total. The van der Waals surface area contributed by atoms with Gasteiger partial charge < -0.3 is 10.6 Å². The van der Waals surface area contributed by atoms with Gasteiger partial charge >= 0.3 is 0 Å². The number of rotatable bonds is 4. The number of carbonyl (C=O) groups is 1. The number of nitrogens with zero attached hydrogens (tertiary/aromatic N) is 1. The van der Waals surface area contributed by atoms with E-state index in [2.05, 4.69) is 47.5 Å². The van der Waals surface area contributed by atoms with Gasteiger partial charge in [-0.15, -0.1) is 11.3 Å². The molecule has 2 aromatic heterocycles. The SMILES string of the molecule is CNc1ncc(Br)cc1C(=O)NCc1cc(Br)cs1. The van der Waals surface area contributed by atoms with Crippen molar-refractivity contribution < 1.29 is 4.79 Å². The van der Waals surface area contributed by atoms with Gasteiger partial charge in [0.15, 0.2) is 0 Å². The summed E-state index contributed by atoms with van der Waals surface area (Å²) in [5.74, 6) is 0.413. The Morgan fingerprint density at radius 2 is 2.16 bits per heavy atom. The van der Waals surface area contributed by atoms with Crippen molar-refractivity contribution in [3.63, 3.8) is 0 Å². The summed E-state index contributed by atoms with van der Waals surface area (Å²) in [7, 11) is 1.74. The Hall–Kier alpha value is -0.920. The van der Waals surface area contributed by atoms with Crippen molar-refractivity contribution in [2.45, 2.75) is 6.54 Å². The van der Waals surface area contributed by atoms with Crippen LogP contribution in [0.3, 0.4) is 0 Å². The Balaban J connectivity index is 2.09. The molecule has 2 rings (SSSR count). The minimum absolute atomic E-state index is 0.150. The van der Waals surface area contributed by atoms with Gasteiger partial charge in [-0.25, -0.2) is 4.98 Å². The number of aromatic nitrogens is 1. The third-order valence-corrected chi connectivity index (χ3v) is 4.51. The fraction of sp³-hybridized carbons (Fsp3) is 0.167. The lowest BCUT2D eigenvalue weighted by atomic mass is 10.2. The highest BCUT2D eigenvalue weighted by atomic mass is 79.9. The number of amides is 1. The lowest BCUT2D eigenvalue weighted by molar-refractivity contribution is 0.0952. The maximum absolute atomic E-state index is 12.1. The third-order valence-electron chi connectivity index (χ3n) is 2.38. The smallest absolute Gasteiger partial charge is 0.255 e. The van der Waals surface area contributed by atoms with Gasteiger partial charge in [0.1, 0.15) is 5.82 Å². The van der Waals surface area contributed by atoms with Crippen LogP contribution in [0.15, 0.2) is 32.7 Å². The molecule has 0 aliphatic heterocycles. The fourth-order valence-corrected chi connectivity index (χ4v) is 3.24. The van der Waals surface area contributed by atoms with Crippen LogP contribution in [0.25, 0.3) is 0 Å². The first kappa shape index (κ1) is 14.5. The predicted molar refractivity (Wildman–Crippen MR) is 84.7 cm³/mol. The highest BCUT2D eigenvalue weighted by molar-refractivity contribution is 9.10. The maximum Gasteiger partial charge on any atom is 0.255 e. The summed E-state index contributed by atoms with van der Waals surface area (Å²) in [6.07, 6.45) is 1.65. The summed E-state index contributed by atoms with van der Waals surface area (Å²) < 4.78 is 1.80. The van der Waals surface area contributed by atoms with Crippen LogP contribution < -0.4 is 10.6 Å². The largest absolute Gasteiger partial charge is 0.372 e. The summed E-state index contributed by atoms with van der Waals surface area (Å²) in [6.45, 7) is 0.505. The molecular weight excluding hydrogens is 394 g/mol. The van der Waals surface area contributed by atoms with E-state index < -0.39 is 0 Å². The van der Waals surface area contributed by atoms with E-state index >= 15 is 0 Å². The third kappa shape index (κ3) is 3.77. The predicted octanol–water partition coefficient (Wildman–Crippen LogP) is 3.64. The molecule has 19 heavy (non-hydrogen) atoms. The van der Waals surface area contributed by atoms with Crippen LogP contribution in [0, 0.1) is 0 Å². The minimum Gasteiger partial charge on any atom is -0.372 e. The molecule has 0 fully saturated rings. The molecule has 0 spiro atoms. The van der Waals surface area contributed by atoms with E-state index in [9.17, 15) is 4.79 Å². The fourth-order valence-electron chi connectivity index (χ4n) is 1.52. The first-order valence-electron chi connectivity index (χ1n) is 5.44. The minimum atomic E-state index is -0.150. The van der Waals surface area contributed by atoms with E-state index in [0.29, 0.717) is 17.9 Å². The quantitative estimate of drug-likeness (QED) is 0.817. The zero-order valence-electron chi connectivity index (χ0n) is 10.0. The molecule has 0 aliphatic rings. The zero-order chi connectivity index (χ0) is 13.8. The second-order valence-electron chi connectivity index (χ2n) is 3.71. The molecule has 2 heterocycles. The number of hydrogen-bond donors (Lipinski definition) is 2. The maximum atomic E-state index is 12.1.